The lowest BCUT2D eigenvalue weighted by Gasteiger charge is -2.16. The van der Waals surface area contributed by atoms with E-state index in [1.165, 1.54) is 5.56 Å². The molecule has 0 amide bonds. The van der Waals surface area contributed by atoms with Gasteiger partial charge in [-0.1, -0.05) is 30.3 Å². The van der Waals surface area contributed by atoms with Crippen molar-refractivity contribution in [3.05, 3.63) is 35.9 Å². The second-order valence-corrected chi connectivity index (χ2v) is 3.11. The summed E-state index contributed by atoms with van der Waals surface area (Å²) >= 11 is 0. The third kappa shape index (κ3) is 3.06. The molecule has 1 aromatic carbocycles. The molecular weight excluding hydrogens is 176 g/mol. The van der Waals surface area contributed by atoms with E-state index >= 15 is 0 Å². The minimum Gasteiger partial charge on any atom is -0.322 e. The number of hydrogen-bond acceptors (Lipinski definition) is 3. The van der Waals surface area contributed by atoms with Crippen LogP contribution in [0.15, 0.2) is 35.4 Å². The number of hydrogen-bond donors (Lipinski definition) is 2. The summed E-state index contributed by atoms with van der Waals surface area (Å²) in [5, 5.41) is 5.07. The van der Waals surface area contributed by atoms with Gasteiger partial charge in [0.25, 0.3) is 0 Å². The van der Waals surface area contributed by atoms with E-state index in [1.807, 2.05) is 18.2 Å². The molecule has 0 fully saturated rings. The molecule has 76 valence electrons. The van der Waals surface area contributed by atoms with Crippen molar-refractivity contribution in [2.24, 2.45) is 16.8 Å². The van der Waals surface area contributed by atoms with Crippen molar-refractivity contribution in [2.75, 3.05) is 6.54 Å². The summed E-state index contributed by atoms with van der Waals surface area (Å²) in [6.07, 6.45) is 0.893. The van der Waals surface area contributed by atoms with E-state index in [0.29, 0.717) is 5.84 Å². The van der Waals surface area contributed by atoms with Gasteiger partial charge in [-0.25, -0.2) is 5.84 Å². The minimum atomic E-state index is 0.640. The van der Waals surface area contributed by atoms with Crippen LogP contribution >= 0.6 is 0 Å². The number of nitrogens with two attached hydrogens (primary N) is 2. The molecular formula is C10H16N4. The van der Waals surface area contributed by atoms with Gasteiger partial charge in [-0.3, -0.25) is 5.01 Å². The van der Waals surface area contributed by atoms with Crippen molar-refractivity contribution in [3.63, 3.8) is 0 Å². The fraction of sp³-hybridized carbons (Fsp3) is 0.300. The van der Waals surface area contributed by atoms with E-state index in [-0.39, 0.29) is 0 Å². The van der Waals surface area contributed by atoms with E-state index < -0.39 is 0 Å². The third-order valence-electron chi connectivity index (χ3n) is 2.09. The zero-order chi connectivity index (χ0) is 10.4. The number of hydrazone groups is 1. The van der Waals surface area contributed by atoms with Crippen molar-refractivity contribution in [1.29, 1.82) is 0 Å². The van der Waals surface area contributed by atoms with Gasteiger partial charge in [-0.2, -0.15) is 5.10 Å². The van der Waals surface area contributed by atoms with Gasteiger partial charge in [-0.05, 0) is 18.9 Å². The molecule has 1 rings (SSSR count). The predicted molar refractivity (Wildman–Crippen MR) is 58.3 cm³/mol. The molecule has 0 bridgehead atoms. The number of rotatable bonds is 3. The smallest absolute Gasteiger partial charge is 0.135 e. The molecule has 0 atom stereocenters. The molecule has 1 aromatic rings. The fourth-order valence-corrected chi connectivity index (χ4v) is 1.13. The van der Waals surface area contributed by atoms with Crippen LogP contribution in [0.3, 0.4) is 0 Å². The first-order valence-electron chi connectivity index (χ1n) is 4.54. The molecule has 4 nitrogen and oxygen atoms in total. The number of amidine groups is 1. The molecule has 0 aliphatic carbocycles. The summed E-state index contributed by atoms with van der Waals surface area (Å²) in [6.45, 7) is 2.50. The normalized spacial score (nSPS) is 11.4. The Morgan fingerprint density at radius 1 is 1.36 bits per heavy atom. The molecule has 0 heterocycles. The summed E-state index contributed by atoms with van der Waals surface area (Å²) < 4.78 is 0. The first-order valence-corrected chi connectivity index (χ1v) is 4.54. The van der Waals surface area contributed by atoms with Gasteiger partial charge < -0.3 is 5.84 Å². The lowest BCUT2D eigenvalue weighted by Crippen LogP contribution is -2.37. The Labute approximate surface area is 84.2 Å². The van der Waals surface area contributed by atoms with Gasteiger partial charge in [-0.15, -0.1) is 0 Å². The highest BCUT2D eigenvalue weighted by molar-refractivity contribution is 5.78. The van der Waals surface area contributed by atoms with Crippen LogP contribution in [0.2, 0.25) is 0 Å². The average Bonchev–Trinajstić information content (AvgIpc) is 2.26. The van der Waals surface area contributed by atoms with Gasteiger partial charge in [0.05, 0.1) is 0 Å². The molecule has 4 N–H and O–H groups in total. The molecule has 0 aliphatic heterocycles. The van der Waals surface area contributed by atoms with Crippen LogP contribution in [0.5, 0.6) is 0 Å². The maximum Gasteiger partial charge on any atom is 0.135 e. The number of hydrazine groups is 1. The lowest BCUT2D eigenvalue weighted by molar-refractivity contribution is 0.440. The van der Waals surface area contributed by atoms with Crippen LogP contribution in [-0.2, 0) is 6.42 Å². The summed E-state index contributed by atoms with van der Waals surface area (Å²) in [4.78, 5) is 0. The van der Waals surface area contributed by atoms with Crippen LogP contribution in [0.4, 0.5) is 0 Å². The van der Waals surface area contributed by atoms with Gasteiger partial charge in [0.2, 0.25) is 0 Å². The average molecular weight is 192 g/mol. The second-order valence-electron chi connectivity index (χ2n) is 3.11. The zero-order valence-electron chi connectivity index (χ0n) is 8.35. The quantitative estimate of drug-likeness (QED) is 0.320. The highest BCUT2D eigenvalue weighted by atomic mass is 15.4. The standard InChI is InChI=1S/C10H16N4/c1-9(13-11)14(12)8-7-10-5-3-2-4-6-10/h2-6H,7-8,11-12H2,1H3/b13-9-. The van der Waals surface area contributed by atoms with Crippen LogP contribution in [-0.4, -0.2) is 17.4 Å². The van der Waals surface area contributed by atoms with E-state index in [2.05, 4.69) is 17.2 Å². The first-order chi connectivity index (χ1) is 6.74. The molecule has 0 aromatic heterocycles. The molecule has 4 heteroatoms. The summed E-state index contributed by atoms with van der Waals surface area (Å²) in [5.74, 6) is 11.4. The van der Waals surface area contributed by atoms with Crippen LogP contribution < -0.4 is 11.7 Å². The monoisotopic (exact) mass is 192 g/mol. The van der Waals surface area contributed by atoms with E-state index in [0.717, 1.165) is 13.0 Å². The number of benzene rings is 1. The minimum absolute atomic E-state index is 0.640. The lowest BCUT2D eigenvalue weighted by atomic mass is 10.1. The highest BCUT2D eigenvalue weighted by Crippen LogP contribution is 1.99. The van der Waals surface area contributed by atoms with E-state index in [4.69, 9.17) is 11.7 Å². The van der Waals surface area contributed by atoms with Crippen LogP contribution in [0.1, 0.15) is 12.5 Å². The van der Waals surface area contributed by atoms with Crippen LogP contribution in [0, 0.1) is 0 Å². The van der Waals surface area contributed by atoms with Gasteiger partial charge in [0, 0.05) is 6.54 Å². The van der Waals surface area contributed by atoms with Crippen molar-refractivity contribution >= 4 is 5.84 Å². The maximum atomic E-state index is 5.70. The maximum absolute atomic E-state index is 5.70. The SMILES string of the molecule is C/C(=N/N)N(N)CCc1ccccc1. The Kier molecular flexibility index (Phi) is 3.94. The van der Waals surface area contributed by atoms with Crippen molar-refractivity contribution < 1.29 is 0 Å². The summed E-state index contributed by atoms with van der Waals surface area (Å²) in [5.41, 5.74) is 1.26. The van der Waals surface area contributed by atoms with Crippen molar-refractivity contribution in [1.82, 2.24) is 5.01 Å². The van der Waals surface area contributed by atoms with Crippen LogP contribution in [0.25, 0.3) is 0 Å². The van der Waals surface area contributed by atoms with Crippen molar-refractivity contribution in [3.8, 4) is 0 Å². The zero-order valence-corrected chi connectivity index (χ0v) is 8.35. The Hall–Kier alpha value is -1.55. The summed E-state index contributed by atoms with van der Waals surface area (Å²) in [6, 6.07) is 10.2. The molecule has 0 unspecified atom stereocenters. The number of nitrogens with zero attached hydrogens (tertiary/aromatic N) is 2. The van der Waals surface area contributed by atoms with Crippen molar-refractivity contribution in [2.45, 2.75) is 13.3 Å². The second kappa shape index (κ2) is 5.24. The molecule has 0 saturated heterocycles. The predicted octanol–water partition coefficient (Wildman–Crippen LogP) is 0.697. The van der Waals surface area contributed by atoms with Gasteiger partial charge in [0.15, 0.2) is 0 Å². The fourth-order valence-electron chi connectivity index (χ4n) is 1.13. The highest BCUT2D eigenvalue weighted by Gasteiger charge is 2.00. The first kappa shape index (κ1) is 10.5. The molecule has 0 aliphatic rings. The van der Waals surface area contributed by atoms with E-state index in [1.54, 1.807) is 11.9 Å². The van der Waals surface area contributed by atoms with E-state index in [9.17, 15) is 0 Å². The molecule has 0 spiro atoms. The molecule has 0 saturated carbocycles. The molecule has 14 heavy (non-hydrogen) atoms. The Balaban J connectivity index is 2.42. The third-order valence-corrected chi connectivity index (χ3v) is 2.09. The summed E-state index contributed by atoms with van der Waals surface area (Å²) in [7, 11) is 0. The Morgan fingerprint density at radius 2 is 2.00 bits per heavy atom. The Bertz CT molecular complexity index is 294. The van der Waals surface area contributed by atoms with Gasteiger partial charge in [0.1, 0.15) is 5.84 Å². The largest absolute Gasteiger partial charge is 0.322 e. The Morgan fingerprint density at radius 3 is 2.57 bits per heavy atom. The topological polar surface area (TPSA) is 67.6 Å². The molecule has 0 radical (unpaired) electrons. The van der Waals surface area contributed by atoms with Gasteiger partial charge >= 0.3 is 0 Å².